The van der Waals surface area contributed by atoms with E-state index in [9.17, 15) is 0 Å². The predicted octanol–water partition coefficient (Wildman–Crippen LogP) is 2.86. The molecule has 24 heavy (non-hydrogen) atoms. The first-order valence-electron chi connectivity index (χ1n) is 8.41. The smallest absolute Gasteiger partial charge is 0.191 e. The Bertz CT molecular complexity index is 590. The highest BCUT2D eigenvalue weighted by molar-refractivity contribution is 14.0. The van der Waals surface area contributed by atoms with Crippen molar-refractivity contribution in [3.05, 3.63) is 24.3 Å². The third-order valence-electron chi connectivity index (χ3n) is 5.00. The van der Waals surface area contributed by atoms with Crippen molar-refractivity contribution in [3.63, 3.8) is 0 Å². The van der Waals surface area contributed by atoms with Gasteiger partial charge in [0.1, 0.15) is 5.75 Å². The first-order chi connectivity index (χ1) is 11.0. The Morgan fingerprint density at radius 1 is 1.29 bits per heavy atom. The van der Waals surface area contributed by atoms with E-state index >= 15 is 0 Å². The molecule has 0 spiro atoms. The third kappa shape index (κ3) is 4.26. The van der Waals surface area contributed by atoms with Gasteiger partial charge in [-0.25, -0.2) is 0 Å². The Morgan fingerprint density at radius 2 is 2.00 bits per heavy atom. The lowest BCUT2D eigenvalue weighted by Crippen LogP contribution is -2.46. The van der Waals surface area contributed by atoms with Gasteiger partial charge in [0.15, 0.2) is 5.96 Å². The van der Waals surface area contributed by atoms with Crippen molar-refractivity contribution in [1.82, 2.24) is 10.6 Å². The summed E-state index contributed by atoms with van der Waals surface area (Å²) in [6.07, 6.45) is 2.32. The molecule has 2 N–H and O–H groups in total. The van der Waals surface area contributed by atoms with E-state index in [0.29, 0.717) is 17.5 Å². The van der Waals surface area contributed by atoms with E-state index in [0.717, 1.165) is 31.2 Å². The van der Waals surface area contributed by atoms with Crippen molar-refractivity contribution in [3.8, 4) is 5.75 Å². The van der Waals surface area contributed by atoms with E-state index in [1.165, 1.54) is 12.1 Å². The minimum Gasteiger partial charge on any atom is -0.495 e. The Labute approximate surface area is 162 Å². The molecule has 0 amide bonds. The number of halogens is 1. The number of hydrogen-bond acceptors (Lipinski definition) is 3. The summed E-state index contributed by atoms with van der Waals surface area (Å²) < 4.78 is 5.48. The molecule has 1 aromatic rings. The Hall–Kier alpha value is -1.18. The monoisotopic (exact) mass is 444 g/mol. The zero-order chi connectivity index (χ0) is 16.4. The lowest BCUT2D eigenvalue weighted by molar-refractivity contribution is 0.415. The summed E-state index contributed by atoms with van der Waals surface area (Å²) in [6.45, 7) is 6.58. The topological polar surface area (TPSA) is 48.9 Å². The van der Waals surface area contributed by atoms with Crippen molar-refractivity contribution < 1.29 is 4.74 Å². The van der Waals surface area contributed by atoms with Crippen LogP contribution in [0.5, 0.6) is 5.75 Å². The molecule has 1 aliphatic heterocycles. The van der Waals surface area contributed by atoms with Crippen LogP contribution >= 0.6 is 24.0 Å². The van der Waals surface area contributed by atoms with Gasteiger partial charge in [0, 0.05) is 32.2 Å². The SMILES string of the molecule is CN=C(NC1CCN(c2ccccc2OC)C1)NC1CC1(C)C.I. The van der Waals surface area contributed by atoms with Gasteiger partial charge in [0.25, 0.3) is 0 Å². The van der Waals surface area contributed by atoms with Gasteiger partial charge in [-0.3, -0.25) is 4.99 Å². The minimum absolute atomic E-state index is 0. The summed E-state index contributed by atoms with van der Waals surface area (Å²) in [6, 6.07) is 9.17. The number of aliphatic imine (C=N–C) groups is 1. The molecule has 0 radical (unpaired) electrons. The van der Waals surface area contributed by atoms with Crippen LogP contribution in [0.4, 0.5) is 5.69 Å². The number of ether oxygens (including phenoxy) is 1. The molecule has 2 aliphatic rings. The quantitative estimate of drug-likeness (QED) is 0.426. The van der Waals surface area contributed by atoms with E-state index in [1.807, 2.05) is 19.2 Å². The lowest BCUT2D eigenvalue weighted by atomic mass is 10.2. The summed E-state index contributed by atoms with van der Waals surface area (Å²) >= 11 is 0. The number of nitrogens with one attached hydrogen (secondary N) is 2. The average molecular weight is 444 g/mol. The van der Waals surface area contributed by atoms with Crippen LogP contribution in [0.25, 0.3) is 0 Å². The number of guanidine groups is 1. The largest absolute Gasteiger partial charge is 0.495 e. The second-order valence-electron chi connectivity index (χ2n) is 7.21. The maximum Gasteiger partial charge on any atom is 0.191 e. The molecule has 1 aliphatic carbocycles. The zero-order valence-electron chi connectivity index (χ0n) is 15.0. The van der Waals surface area contributed by atoms with Gasteiger partial charge in [0.2, 0.25) is 0 Å². The van der Waals surface area contributed by atoms with Gasteiger partial charge in [-0.05, 0) is 30.4 Å². The molecular weight excluding hydrogens is 415 g/mol. The molecule has 1 saturated carbocycles. The van der Waals surface area contributed by atoms with Crippen LogP contribution in [-0.2, 0) is 0 Å². The van der Waals surface area contributed by atoms with Gasteiger partial charge in [0.05, 0.1) is 12.8 Å². The number of hydrogen-bond donors (Lipinski definition) is 2. The Morgan fingerprint density at radius 3 is 2.62 bits per heavy atom. The molecule has 2 unspecified atom stereocenters. The van der Waals surface area contributed by atoms with E-state index < -0.39 is 0 Å². The fourth-order valence-corrected chi connectivity index (χ4v) is 3.23. The zero-order valence-corrected chi connectivity index (χ0v) is 17.3. The highest BCUT2D eigenvalue weighted by atomic mass is 127. The molecule has 0 bridgehead atoms. The maximum atomic E-state index is 5.48. The number of anilines is 1. The highest BCUT2D eigenvalue weighted by Crippen LogP contribution is 2.44. The van der Waals surface area contributed by atoms with Crippen LogP contribution in [0, 0.1) is 5.41 Å². The molecule has 1 saturated heterocycles. The lowest BCUT2D eigenvalue weighted by Gasteiger charge is -2.22. The number of para-hydroxylation sites is 2. The number of nitrogens with zero attached hydrogens (tertiary/aromatic N) is 2. The molecule has 134 valence electrons. The van der Waals surface area contributed by atoms with Crippen LogP contribution in [0.3, 0.4) is 0 Å². The van der Waals surface area contributed by atoms with Gasteiger partial charge >= 0.3 is 0 Å². The molecular formula is C18H29IN4O. The molecule has 1 heterocycles. The summed E-state index contributed by atoms with van der Waals surface area (Å²) in [5, 5.41) is 7.10. The van der Waals surface area contributed by atoms with E-state index in [-0.39, 0.29) is 24.0 Å². The number of benzene rings is 1. The molecule has 0 aromatic heterocycles. The molecule has 6 heteroatoms. The van der Waals surface area contributed by atoms with Gasteiger partial charge in [-0.2, -0.15) is 0 Å². The molecule has 2 atom stereocenters. The first kappa shape index (κ1) is 19.1. The van der Waals surface area contributed by atoms with Crippen molar-refractivity contribution in [2.45, 2.75) is 38.8 Å². The van der Waals surface area contributed by atoms with E-state index in [2.05, 4.69) is 46.5 Å². The number of rotatable bonds is 4. The van der Waals surface area contributed by atoms with Crippen LogP contribution in [0.2, 0.25) is 0 Å². The van der Waals surface area contributed by atoms with E-state index in [4.69, 9.17) is 4.74 Å². The normalized spacial score (nSPS) is 25.0. The fourth-order valence-electron chi connectivity index (χ4n) is 3.23. The number of methoxy groups -OCH3 is 1. The second kappa shape index (κ2) is 7.80. The van der Waals surface area contributed by atoms with Gasteiger partial charge < -0.3 is 20.3 Å². The van der Waals surface area contributed by atoms with Crippen molar-refractivity contribution >= 4 is 35.6 Å². The fraction of sp³-hybridized carbons (Fsp3) is 0.611. The van der Waals surface area contributed by atoms with E-state index in [1.54, 1.807) is 7.11 Å². The minimum atomic E-state index is 0. The molecule has 5 nitrogen and oxygen atoms in total. The van der Waals surface area contributed by atoms with Gasteiger partial charge in [-0.15, -0.1) is 24.0 Å². The van der Waals surface area contributed by atoms with Crippen molar-refractivity contribution in [2.75, 3.05) is 32.1 Å². The maximum absolute atomic E-state index is 5.48. The first-order valence-corrected chi connectivity index (χ1v) is 8.41. The van der Waals surface area contributed by atoms with Crippen molar-refractivity contribution in [1.29, 1.82) is 0 Å². The predicted molar refractivity (Wildman–Crippen MR) is 111 cm³/mol. The van der Waals surface area contributed by atoms with Crippen LogP contribution < -0.4 is 20.3 Å². The van der Waals surface area contributed by atoms with Crippen molar-refractivity contribution in [2.24, 2.45) is 10.4 Å². The average Bonchev–Trinajstić information content (AvgIpc) is 2.95. The van der Waals surface area contributed by atoms with Crippen LogP contribution in [-0.4, -0.2) is 45.3 Å². The van der Waals surface area contributed by atoms with Crippen LogP contribution in [0.1, 0.15) is 26.7 Å². The Kier molecular flexibility index (Phi) is 6.22. The van der Waals surface area contributed by atoms with Gasteiger partial charge in [-0.1, -0.05) is 26.0 Å². The molecule has 1 aromatic carbocycles. The third-order valence-corrected chi connectivity index (χ3v) is 5.00. The Balaban J connectivity index is 0.00000208. The standard InChI is InChI=1S/C18H28N4O.HI/c1-18(2)11-16(18)21-17(19-3)20-13-9-10-22(12-13)14-7-5-6-8-15(14)23-4;/h5-8,13,16H,9-12H2,1-4H3,(H2,19,20,21);1H. The summed E-state index contributed by atoms with van der Waals surface area (Å²) in [5.74, 6) is 1.86. The highest BCUT2D eigenvalue weighted by Gasteiger charge is 2.46. The second-order valence-corrected chi connectivity index (χ2v) is 7.21. The molecule has 2 fully saturated rings. The summed E-state index contributed by atoms with van der Waals surface area (Å²) in [5.41, 5.74) is 1.57. The molecule has 3 rings (SSSR count). The summed E-state index contributed by atoms with van der Waals surface area (Å²) in [7, 11) is 3.57. The van der Waals surface area contributed by atoms with Crippen LogP contribution in [0.15, 0.2) is 29.3 Å². The summed E-state index contributed by atoms with van der Waals surface area (Å²) in [4.78, 5) is 6.76.